The molecule has 4 nitrogen and oxygen atoms in total. The zero-order valence-corrected chi connectivity index (χ0v) is 10.1. The van der Waals surface area contributed by atoms with E-state index >= 15 is 0 Å². The number of nitro benzene ring substituents is 1. The molecule has 1 aromatic rings. The van der Waals surface area contributed by atoms with Crippen molar-refractivity contribution in [3.8, 4) is 0 Å². The van der Waals surface area contributed by atoms with Gasteiger partial charge in [0, 0.05) is 31.0 Å². The van der Waals surface area contributed by atoms with Crippen LogP contribution in [-0.4, -0.2) is 23.0 Å². The number of nitro groups is 1. The van der Waals surface area contributed by atoms with Gasteiger partial charge in [0.2, 0.25) is 0 Å². The molecule has 0 saturated heterocycles. The topological polar surface area (TPSA) is 55.2 Å². The maximum atomic E-state index is 10.6. The van der Waals surface area contributed by atoms with Crippen LogP contribution in [0.4, 0.5) is 5.69 Å². The molecule has 0 aromatic heterocycles. The Morgan fingerprint density at radius 3 is 3.00 bits per heavy atom. The first-order valence-corrected chi connectivity index (χ1v) is 6.41. The summed E-state index contributed by atoms with van der Waals surface area (Å²) in [5.74, 6) is 2.20. The van der Waals surface area contributed by atoms with E-state index in [2.05, 4.69) is 12.2 Å². The molecule has 0 aliphatic rings. The molecule has 0 fully saturated rings. The minimum absolute atomic E-state index is 0.155. The molecule has 1 N–H and O–H groups in total. The normalized spacial score (nSPS) is 10.3. The molecule has 0 heterocycles. The molecule has 0 radical (unpaired) electrons. The van der Waals surface area contributed by atoms with Gasteiger partial charge in [-0.15, -0.1) is 0 Å². The molecule has 0 atom stereocenters. The molecule has 16 heavy (non-hydrogen) atoms. The minimum atomic E-state index is -0.365. The van der Waals surface area contributed by atoms with Crippen LogP contribution in [0.2, 0.25) is 0 Å². The van der Waals surface area contributed by atoms with Crippen molar-refractivity contribution in [1.29, 1.82) is 0 Å². The van der Waals surface area contributed by atoms with Gasteiger partial charge in [-0.25, -0.2) is 0 Å². The van der Waals surface area contributed by atoms with Crippen LogP contribution in [-0.2, 0) is 6.54 Å². The summed E-state index contributed by atoms with van der Waals surface area (Å²) in [6.07, 6.45) is 0. The van der Waals surface area contributed by atoms with Crippen molar-refractivity contribution in [2.24, 2.45) is 0 Å². The Bertz CT molecular complexity index is 345. The molecule has 0 amide bonds. The van der Waals surface area contributed by atoms with Gasteiger partial charge in [-0.3, -0.25) is 10.1 Å². The highest BCUT2D eigenvalue weighted by atomic mass is 32.2. The maximum Gasteiger partial charge on any atom is 0.269 e. The van der Waals surface area contributed by atoms with E-state index in [1.165, 1.54) is 6.07 Å². The minimum Gasteiger partial charge on any atom is -0.312 e. The summed E-state index contributed by atoms with van der Waals surface area (Å²) in [5, 5.41) is 13.8. The van der Waals surface area contributed by atoms with Gasteiger partial charge in [0.1, 0.15) is 0 Å². The van der Waals surface area contributed by atoms with Crippen LogP contribution in [0.3, 0.4) is 0 Å². The van der Waals surface area contributed by atoms with Crippen molar-refractivity contribution in [3.05, 3.63) is 39.9 Å². The lowest BCUT2D eigenvalue weighted by molar-refractivity contribution is -0.384. The van der Waals surface area contributed by atoms with E-state index in [0.717, 1.165) is 23.6 Å². The molecule has 0 saturated carbocycles. The number of hydrogen-bond donors (Lipinski definition) is 1. The van der Waals surface area contributed by atoms with Crippen molar-refractivity contribution < 1.29 is 4.92 Å². The molecule has 0 bridgehead atoms. The predicted octanol–water partition coefficient (Wildman–Crippen LogP) is 2.44. The van der Waals surface area contributed by atoms with Gasteiger partial charge < -0.3 is 5.32 Å². The second-order valence-corrected chi connectivity index (χ2v) is 4.69. The Balaban J connectivity index is 2.36. The van der Waals surface area contributed by atoms with Crippen LogP contribution in [0.15, 0.2) is 24.3 Å². The Hall–Kier alpha value is -1.07. The Kier molecular flexibility index (Phi) is 5.88. The number of benzene rings is 1. The summed E-state index contributed by atoms with van der Waals surface area (Å²) in [7, 11) is 0. The van der Waals surface area contributed by atoms with E-state index in [1.807, 2.05) is 17.8 Å². The summed E-state index contributed by atoms with van der Waals surface area (Å²) in [5.41, 5.74) is 1.11. The van der Waals surface area contributed by atoms with E-state index in [0.29, 0.717) is 6.54 Å². The van der Waals surface area contributed by atoms with Gasteiger partial charge in [-0.2, -0.15) is 11.8 Å². The number of non-ortho nitro benzene ring substituents is 1. The first-order valence-electron chi connectivity index (χ1n) is 5.26. The van der Waals surface area contributed by atoms with Crippen molar-refractivity contribution in [3.63, 3.8) is 0 Å². The number of nitrogens with zero attached hydrogens (tertiary/aromatic N) is 1. The molecule has 1 rings (SSSR count). The van der Waals surface area contributed by atoms with E-state index in [1.54, 1.807) is 12.1 Å². The number of thioether (sulfide) groups is 1. The van der Waals surface area contributed by atoms with Crippen LogP contribution in [0, 0.1) is 10.1 Å². The fourth-order valence-electron chi connectivity index (χ4n) is 1.30. The van der Waals surface area contributed by atoms with Crippen LogP contribution in [0.1, 0.15) is 12.5 Å². The molecule has 0 spiro atoms. The third kappa shape index (κ3) is 4.63. The van der Waals surface area contributed by atoms with Crippen LogP contribution >= 0.6 is 11.8 Å². The second-order valence-electron chi connectivity index (χ2n) is 3.30. The smallest absolute Gasteiger partial charge is 0.269 e. The van der Waals surface area contributed by atoms with E-state index in [-0.39, 0.29) is 10.6 Å². The monoisotopic (exact) mass is 240 g/mol. The number of rotatable bonds is 7. The lowest BCUT2D eigenvalue weighted by Crippen LogP contribution is -2.16. The lowest BCUT2D eigenvalue weighted by atomic mass is 10.2. The molecule has 0 aliphatic carbocycles. The molecule has 0 aliphatic heterocycles. The van der Waals surface area contributed by atoms with Gasteiger partial charge in [0.05, 0.1) is 4.92 Å². The van der Waals surface area contributed by atoms with E-state index in [4.69, 9.17) is 0 Å². The van der Waals surface area contributed by atoms with Crippen LogP contribution in [0.5, 0.6) is 0 Å². The first-order chi connectivity index (χ1) is 7.74. The van der Waals surface area contributed by atoms with Crippen molar-refractivity contribution in [2.45, 2.75) is 13.5 Å². The van der Waals surface area contributed by atoms with Crippen molar-refractivity contribution in [2.75, 3.05) is 18.1 Å². The highest BCUT2D eigenvalue weighted by molar-refractivity contribution is 7.99. The molecular formula is C11H16N2O2S. The standard InChI is InChI=1S/C11H16N2O2S/c1-2-16-7-6-12-9-10-4-3-5-11(8-10)13(14)15/h3-5,8,12H,2,6-7,9H2,1H3. The molecule has 0 unspecified atom stereocenters. The van der Waals surface area contributed by atoms with Gasteiger partial charge >= 0.3 is 0 Å². The van der Waals surface area contributed by atoms with Gasteiger partial charge in [0.25, 0.3) is 5.69 Å². The summed E-state index contributed by atoms with van der Waals surface area (Å²) in [6, 6.07) is 6.74. The summed E-state index contributed by atoms with van der Waals surface area (Å²) >= 11 is 1.88. The third-order valence-corrected chi connectivity index (χ3v) is 2.98. The summed E-state index contributed by atoms with van der Waals surface area (Å²) in [4.78, 5) is 10.2. The van der Waals surface area contributed by atoms with Crippen molar-refractivity contribution in [1.82, 2.24) is 5.32 Å². The average molecular weight is 240 g/mol. The predicted molar refractivity (Wildman–Crippen MR) is 67.8 cm³/mol. The molecular weight excluding hydrogens is 224 g/mol. The maximum absolute atomic E-state index is 10.6. The highest BCUT2D eigenvalue weighted by Gasteiger charge is 2.04. The quantitative estimate of drug-likeness (QED) is 0.452. The third-order valence-electron chi connectivity index (χ3n) is 2.08. The number of nitrogens with one attached hydrogen (secondary N) is 1. The molecule has 88 valence electrons. The second kappa shape index (κ2) is 7.24. The fourth-order valence-corrected chi connectivity index (χ4v) is 1.88. The lowest BCUT2D eigenvalue weighted by Gasteiger charge is -2.04. The average Bonchev–Trinajstić information content (AvgIpc) is 2.29. The molecule has 5 heteroatoms. The summed E-state index contributed by atoms with van der Waals surface area (Å²) < 4.78 is 0. The van der Waals surface area contributed by atoms with Gasteiger partial charge in [-0.05, 0) is 11.3 Å². The Morgan fingerprint density at radius 1 is 1.50 bits per heavy atom. The highest BCUT2D eigenvalue weighted by Crippen LogP contribution is 2.12. The van der Waals surface area contributed by atoms with E-state index < -0.39 is 0 Å². The van der Waals surface area contributed by atoms with Crippen LogP contribution in [0.25, 0.3) is 0 Å². The SMILES string of the molecule is CCSCCNCc1cccc([N+](=O)[O-])c1. The van der Waals surface area contributed by atoms with E-state index in [9.17, 15) is 10.1 Å². The Labute approximate surface area is 99.6 Å². The largest absolute Gasteiger partial charge is 0.312 e. The van der Waals surface area contributed by atoms with Crippen molar-refractivity contribution >= 4 is 17.4 Å². The fraction of sp³-hybridized carbons (Fsp3) is 0.455. The van der Waals surface area contributed by atoms with Gasteiger partial charge in [-0.1, -0.05) is 19.1 Å². The number of hydrogen-bond acceptors (Lipinski definition) is 4. The Morgan fingerprint density at radius 2 is 2.31 bits per heavy atom. The van der Waals surface area contributed by atoms with Crippen LogP contribution < -0.4 is 5.32 Å². The molecule has 1 aromatic carbocycles. The summed E-state index contributed by atoms with van der Waals surface area (Å²) in [6.45, 7) is 3.75. The zero-order chi connectivity index (χ0) is 11.8. The first kappa shape index (κ1) is 13.0. The zero-order valence-electron chi connectivity index (χ0n) is 9.31. The van der Waals surface area contributed by atoms with Gasteiger partial charge in [0.15, 0.2) is 0 Å².